The number of nitrogens with one attached hydrogen (secondary N) is 2. The van der Waals surface area contributed by atoms with Crippen molar-refractivity contribution in [2.24, 2.45) is 0 Å². The molecule has 0 spiro atoms. The number of anilines is 4. The highest BCUT2D eigenvalue weighted by Gasteiger charge is 2.06. The molecular weight excluding hydrogens is 324 g/mol. The van der Waals surface area contributed by atoms with Gasteiger partial charge in [0, 0.05) is 10.7 Å². The molecule has 0 aliphatic heterocycles. The number of nitriles is 1. The first-order chi connectivity index (χ1) is 11.7. The first kappa shape index (κ1) is 15.7. The zero-order valence-corrected chi connectivity index (χ0v) is 13.5. The molecule has 1 aromatic heterocycles. The van der Waals surface area contributed by atoms with Crippen molar-refractivity contribution in [3.8, 4) is 6.07 Å². The Morgan fingerprint density at radius 3 is 2.75 bits per heavy atom. The lowest BCUT2D eigenvalue weighted by Crippen LogP contribution is -2.03. The van der Waals surface area contributed by atoms with Crippen LogP contribution >= 0.6 is 11.6 Å². The van der Waals surface area contributed by atoms with Crippen LogP contribution in [0.1, 0.15) is 11.1 Å². The highest BCUT2D eigenvalue weighted by Crippen LogP contribution is 2.24. The summed E-state index contributed by atoms with van der Waals surface area (Å²) in [5.41, 5.74) is 3.00. The fourth-order valence-corrected chi connectivity index (χ4v) is 2.27. The van der Waals surface area contributed by atoms with Gasteiger partial charge in [0.25, 0.3) is 0 Å². The number of hydrogen-bond acceptors (Lipinski definition) is 6. The van der Waals surface area contributed by atoms with Gasteiger partial charge in [0.2, 0.25) is 5.95 Å². The van der Waals surface area contributed by atoms with Crippen LogP contribution < -0.4 is 10.6 Å². The van der Waals surface area contributed by atoms with Gasteiger partial charge in [0.15, 0.2) is 5.82 Å². The van der Waals surface area contributed by atoms with Crippen molar-refractivity contribution < 1.29 is 0 Å². The summed E-state index contributed by atoms with van der Waals surface area (Å²) in [4.78, 5) is 4.36. The Morgan fingerprint density at radius 2 is 1.92 bits per heavy atom. The lowest BCUT2D eigenvalue weighted by molar-refractivity contribution is 0.982. The number of para-hydroxylation sites is 1. The molecule has 2 aromatic carbocycles. The second-order valence-electron chi connectivity index (χ2n) is 5.03. The maximum Gasteiger partial charge on any atom is 0.249 e. The highest BCUT2D eigenvalue weighted by atomic mass is 35.5. The number of aromatic nitrogens is 3. The van der Waals surface area contributed by atoms with Crippen molar-refractivity contribution in [1.82, 2.24) is 15.2 Å². The minimum absolute atomic E-state index is 0.294. The van der Waals surface area contributed by atoms with E-state index < -0.39 is 0 Å². The van der Waals surface area contributed by atoms with Crippen LogP contribution in [-0.2, 0) is 0 Å². The van der Waals surface area contributed by atoms with Crippen LogP contribution in [-0.4, -0.2) is 15.2 Å². The second-order valence-corrected chi connectivity index (χ2v) is 5.47. The molecule has 118 valence electrons. The Morgan fingerprint density at radius 1 is 1.08 bits per heavy atom. The van der Waals surface area contributed by atoms with Crippen molar-refractivity contribution in [2.75, 3.05) is 10.6 Å². The third-order valence-electron chi connectivity index (χ3n) is 3.32. The third-order valence-corrected chi connectivity index (χ3v) is 3.55. The maximum absolute atomic E-state index is 9.13. The second kappa shape index (κ2) is 6.94. The first-order valence-corrected chi connectivity index (χ1v) is 7.52. The van der Waals surface area contributed by atoms with Crippen molar-refractivity contribution in [2.45, 2.75) is 6.92 Å². The van der Waals surface area contributed by atoms with E-state index in [9.17, 15) is 0 Å². The fraction of sp³-hybridized carbons (Fsp3) is 0.0588. The van der Waals surface area contributed by atoms with Crippen molar-refractivity contribution >= 4 is 34.7 Å². The Labute approximate surface area is 144 Å². The Hall–Kier alpha value is -3.17. The van der Waals surface area contributed by atoms with E-state index >= 15 is 0 Å². The van der Waals surface area contributed by atoms with Gasteiger partial charge in [0.1, 0.15) is 6.07 Å². The van der Waals surface area contributed by atoms with Crippen LogP contribution in [0.2, 0.25) is 5.02 Å². The molecule has 0 saturated carbocycles. The molecule has 7 heteroatoms. The number of aryl methyl sites for hydroxylation is 1. The molecule has 0 atom stereocenters. The summed E-state index contributed by atoms with van der Waals surface area (Å²) in [6.45, 7) is 1.97. The molecule has 3 aromatic rings. The summed E-state index contributed by atoms with van der Waals surface area (Å²) in [5, 5.41) is 23.8. The van der Waals surface area contributed by atoms with E-state index in [1.165, 1.54) is 6.20 Å². The summed E-state index contributed by atoms with van der Waals surface area (Å²) in [6.07, 6.45) is 1.52. The van der Waals surface area contributed by atoms with Crippen LogP contribution in [0.4, 0.5) is 23.1 Å². The van der Waals surface area contributed by atoms with Gasteiger partial charge < -0.3 is 10.6 Å². The van der Waals surface area contributed by atoms with Crippen molar-refractivity contribution in [3.05, 3.63) is 64.8 Å². The molecule has 1 heterocycles. The van der Waals surface area contributed by atoms with E-state index in [0.29, 0.717) is 28.0 Å². The molecule has 0 bridgehead atoms. The predicted molar refractivity (Wildman–Crippen MR) is 93.7 cm³/mol. The van der Waals surface area contributed by atoms with Gasteiger partial charge in [0.05, 0.1) is 17.4 Å². The summed E-state index contributed by atoms with van der Waals surface area (Å²) >= 11 is 6.02. The van der Waals surface area contributed by atoms with Gasteiger partial charge in [-0.05, 0) is 36.8 Å². The van der Waals surface area contributed by atoms with Gasteiger partial charge in [-0.25, -0.2) is 0 Å². The van der Waals surface area contributed by atoms with Crippen LogP contribution in [0.15, 0.2) is 48.7 Å². The Kier molecular flexibility index (Phi) is 4.54. The smallest absolute Gasteiger partial charge is 0.249 e. The highest BCUT2D eigenvalue weighted by molar-refractivity contribution is 6.30. The molecule has 0 aliphatic rings. The van der Waals surface area contributed by atoms with E-state index in [1.807, 2.05) is 31.2 Å². The topological polar surface area (TPSA) is 86.5 Å². The molecule has 3 rings (SSSR count). The summed E-state index contributed by atoms with van der Waals surface area (Å²) in [5.74, 6) is 0.815. The molecular formula is C17H13ClN6. The zero-order valence-electron chi connectivity index (χ0n) is 12.8. The molecule has 6 nitrogen and oxygen atoms in total. The summed E-state index contributed by atoms with van der Waals surface area (Å²) in [7, 11) is 0. The molecule has 0 aliphatic carbocycles. The zero-order chi connectivity index (χ0) is 16.9. The van der Waals surface area contributed by atoms with Gasteiger partial charge in [-0.15, -0.1) is 5.10 Å². The van der Waals surface area contributed by atoms with Crippen LogP contribution in [0.3, 0.4) is 0 Å². The van der Waals surface area contributed by atoms with Crippen LogP contribution in [0, 0.1) is 18.3 Å². The van der Waals surface area contributed by atoms with Gasteiger partial charge >= 0.3 is 0 Å². The molecule has 0 fully saturated rings. The molecule has 24 heavy (non-hydrogen) atoms. The maximum atomic E-state index is 9.13. The molecule has 0 unspecified atom stereocenters. The Bertz CT molecular complexity index is 919. The minimum Gasteiger partial charge on any atom is -0.339 e. The molecule has 0 radical (unpaired) electrons. The van der Waals surface area contributed by atoms with Gasteiger partial charge in [-0.2, -0.15) is 15.3 Å². The van der Waals surface area contributed by atoms with Crippen molar-refractivity contribution in [1.29, 1.82) is 5.26 Å². The average Bonchev–Trinajstić information content (AvgIpc) is 2.59. The SMILES string of the molecule is Cc1ccc(Cl)cc1Nc1cnnc(Nc2ccccc2C#N)n1. The number of rotatable bonds is 4. The van der Waals surface area contributed by atoms with Gasteiger partial charge in [-0.1, -0.05) is 29.8 Å². The largest absolute Gasteiger partial charge is 0.339 e. The number of hydrogen-bond donors (Lipinski definition) is 2. The quantitative estimate of drug-likeness (QED) is 0.742. The first-order valence-electron chi connectivity index (χ1n) is 7.15. The minimum atomic E-state index is 0.294. The molecule has 0 amide bonds. The predicted octanol–water partition coefficient (Wildman–Crippen LogP) is 4.19. The van der Waals surface area contributed by atoms with E-state index in [4.69, 9.17) is 16.9 Å². The molecule has 2 N–H and O–H groups in total. The average molecular weight is 337 g/mol. The number of benzene rings is 2. The normalized spacial score (nSPS) is 10.0. The monoisotopic (exact) mass is 336 g/mol. The van der Waals surface area contributed by atoms with E-state index in [-0.39, 0.29) is 0 Å². The Balaban J connectivity index is 1.84. The fourth-order valence-electron chi connectivity index (χ4n) is 2.09. The number of nitrogens with zero attached hydrogens (tertiary/aromatic N) is 4. The molecule has 0 saturated heterocycles. The lowest BCUT2D eigenvalue weighted by atomic mass is 10.2. The lowest BCUT2D eigenvalue weighted by Gasteiger charge is -2.10. The third kappa shape index (κ3) is 3.59. The number of halogens is 1. The van der Waals surface area contributed by atoms with Crippen LogP contribution in [0.5, 0.6) is 0 Å². The summed E-state index contributed by atoms with van der Waals surface area (Å²) < 4.78 is 0. The van der Waals surface area contributed by atoms with E-state index in [1.54, 1.807) is 18.2 Å². The van der Waals surface area contributed by atoms with Crippen molar-refractivity contribution in [3.63, 3.8) is 0 Å². The standard InChI is InChI=1S/C17H13ClN6/c1-11-6-7-13(18)8-15(11)21-16-10-20-24-17(23-16)22-14-5-3-2-4-12(14)9-19/h2-8,10H,1H3,(H2,21,22,23,24). The van der Waals surface area contributed by atoms with E-state index in [0.717, 1.165) is 11.3 Å². The summed E-state index contributed by atoms with van der Waals surface area (Å²) in [6, 6.07) is 14.8. The van der Waals surface area contributed by atoms with E-state index in [2.05, 4.69) is 31.9 Å². The van der Waals surface area contributed by atoms with Crippen LogP contribution in [0.25, 0.3) is 0 Å². The van der Waals surface area contributed by atoms with Gasteiger partial charge in [-0.3, -0.25) is 0 Å².